The van der Waals surface area contributed by atoms with Gasteiger partial charge in [-0.15, -0.1) is 0 Å². The first-order valence-corrected chi connectivity index (χ1v) is 8.95. The van der Waals surface area contributed by atoms with Crippen LogP contribution >= 0.6 is 0 Å². The summed E-state index contributed by atoms with van der Waals surface area (Å²) in [5.41, 5.74) is 1.27. The van der Waals surface area contributed by atoms with Crippen LogP contribution < -0.4 is 4.74 Å². The van der Waals surface area contributed by atoms with Crippen LogP contribution in [0.2, 0.25) is 0 Å². The molecule has 3 rings (SSSR count). The summed E-state index contributed by atoms with van der Waals surface area (Å²) in [6.07, 6.45) is 2.86. The Bertz CT molecular complexity index is 824. The first kappa shape index (κ1) is 19.1. The number of ketones is 1. The van der Waals surface area contributed by atoms with Crippen LogP contribution in [0.1, 0.15) is 48.0 Å². The maximum atomic E-state index is 12.8. The van der Waals surface area contributed by atoms with Crippen LogP contribution in [-0.4, -0.2) is 39.1 Å². The molecule has 0 heterocycles. The first-order valence-electron chi connectivity index (χ1n) is 8.95. The van der Waals surface area contributed by atoms with Crippen molar-refractivity contribution in [1.29, 1.82) is 0 Å². The highest BCUT2D eigenvalue weighted by atomic mass is 16.5. The van der Waals surface area contributed by atoms with Crippen molar-refractivity contribution in [2.24, 2.45) is 11.3 Å². The molecule has 27 heavy (non-hydrogen) atoms. The van der Waals surface area contributed by atoms with Gasteiger partial charge in [0.05, 0.1) is 26.7 Å². The highest BCUT2D eigenvalue weighted by Crippen LogP contribution is 2.55. The molecule has 0 bridgehead atoms. The molecule has 0 aromatic heterocycles. The number of hydrogen-bond acceptors (Lipinski definition) is 6. The molecule has 144 valence electrons. The van der Waals surface area contributed by atoms with Crippen LogP contribution in [0.4, 0.5) is 0 Å². The minimum atomic E-state index is -0.950. The van der Waals surface area contributed by atoms with Crippen LogP contribution in [0.5, 0.6) is 5.75 Å². The van der Waals surface area contributed by atoms with Crippen molar-refractivity contribution in [3.63, 3.8) is 0 Å². The number of methoxy groups -OCH3 is 3. The summed E-state index contributed by atoms with van der Waals surface area (Å²) < 4.78 is 15.1. The van der Waals surface area contributed by atoms with Gasteiger partial charge in [-0.1, -0.05) is 6.07 Å². The van der Waals surface area contributed by atoms with Crippen LogP contribution in [0.25, 0.3) is 0 Å². The van der Waals surface area contributed by atoms with Gasteiger partial charge in [-0.05, 0) is 54.9 Å². The number of carbonyl (C=O) groups excluding carboxylic acids is 3. The Morgan fingerprint density at radius 2 is 1.89 bits per heavy atom. The average Bonchev–Trinajstić information content (AvgIpc) is 2.69. The topological polar surface area (TPSA) is 78.9 Å². The molecule has 1 saturated carbocycles. The maximum absolute atomic E-state index is 12.8. The van der Waals surface area contributed by atoms with Gasteiger partial charge in [0.15, 0.2) is 5.78 Å². The number of carbonyl (C=O) groups is 3. The molecule has 0 aliphatic heterocycles. The number of ether oxygens (including phenoxy) is 3. The third kappa shape index (κ3) is 3.13. The molecule has 2 unspecified atom stereocenters. The number of fused-ring (bicyclic) bond motifs is 3. The van der Waals surface area contributed by atoms with E-state index in [0.29, 0.717) is 23.3 Å². The second kappa shape index (κ2) is 7.18. The summed E-state index contributed by atoms with van der Waals surface area (Å²) in [6.45, 7) is 1.78. The van der Waals surface area contributed by atoms with Gasteiger partial charge in [-0.25, -0.2) is 4.79 Å². The average molecular weight is 372 g/mol. The molecule has 1 aromatic rings. The molecule has 2 aliphatic carbocycles. The maximum Gasteiger partial charge on any atom is 0.330 e. The summed E-state index contributed by atoms with van der Waals surface area (Å²) >= 11 is 0. The molecule has 2 aliphatic rings. The van der Waals surface area contributed by atoms with E-state index in [1.54, 1.807) is 20.1 Å². The largest absolute Gasteiger partial charge is 0.497 e. The van der Waals surface area contributed by atoms with Crippen molar-refractivity contribution in [1.82, 2.24) is 0 Å². The number of benzene rings is 1. The van der Waals surface area contributed by atoms with E-state index < -0.39 is 17.4 Å². The van der Waals surface area contributed by atoms with E-state index in [4.69, 9.17) is 14.2 Å². The Labute approximate surface area is 158 Å². The molecule has 6 heteroatoms. The summed E-state index contributed by atoms with van der Waals surface area (Å²) in [5.74, 6) is -0.499. The standard InChI is InChI=1S/C21H24O6/c1-21(20(24)27-4)8-7-14-13-6-5-12(25-2)9-16(13)18(22)10-15(14)17(21)11-19(23)26-3/h5-6,9,11,14-15H,7-8,10H2,1-4H3/b17-11+/t14?,15?,21-/m1/s1. The Balaban J connectivity index is 2.11. The summed E-state index contributed by atoms with van der Waals surface area (Å²) in [6, 6.07) is 5.53. The van der Waals surface area contributed by atoms with Gasteiger partial charge in [0.2, 0.25) is 0 Å². The fraction of sp³-hybridized carbons (Fsp3) is 0.476. The van der Waals surface area contributed by atoms with E-state index in [9.17, 15) is 14.4 Å². The molecule has 0 radical (unpaired) electrons. The van der Waals surface area contributed by atoms with E-state index in [1.807, 2.05) is 12.1 Å². The minimum absolute atomic E-state index is 0.0185. The molecule has 0 saturated heterocycles. The highest BCUT2D eigenvalue weighted by molar-refractivity contribution is 6.00. The van der Waals surface area contributed by atoms with Crippen molar-refractivity contribution in [3.05, 3.63) is 41.0 Å². The van der Waals surface area contributed by atoms with Crippen molar-refractivity contribution < 1.29 is 28.6 Å². The lowest BCUT2D eigenvalue weighted by Crippen LogP contribution is -2.43. The van der Waals surface area contributed by atoms with Crippen molar-refractivity contribution >= 4 is 17.7 Å². The Kier molecular flexibility index (Phi) is 5.09. The van der Waals surface area contributed by atoms with Crippen LogP contribution in [0, 0.1) is 11.3 Å². The molecule has 0 N–H and O–H groups in total. The zero-order chi connectivity index (χ0) is 19.8. The number of Topliss-reactive ketones (excluding diaryl/α,β-unsaturated/α-hetero) is 1. The highest BCUT2D eigenvalue weighted by Gasteiger charge is 2.50. The zero-order valence-electron chi connectivity index (χ0n) is 16.0. The van der Waals surface area contributed by atoms with Gasteiger partial charge in [-0.2, -0.15) is 0 Å². The second-order valence-corrected chi connectivity index (χ2v) is 7.28. The quantitative estimate of drug-likeness (QED) is 0.599. The smallest absolute Gasteiger partial charge is 0.330 e. The predicted octanol–water partition coefficient (Wildman–Crippen LogP) is 3.05. The van der Waals surface area contributed by atoms with Crippen molar-refractivity contribution in [2.75, 3.05) is 21.3 Å². The predicted molar refractivity (Wildman–Crippen MR) is 97.6 cm³/mol. The molecular formula is C21H24O6. The number of esters is 2. The molecule has 3 atom stereocenters. The SMILES string of the molecule is COC(=O)/C=C1\C2CC(=O)c3cc(OC)ccc3C2CC[C@@]1(C)C(=O)OC. The molecule has 6 nitrogen and oxygen atoms in total. The van der Waals surface area contributed by atoms with Crippen LogP contribution in [0.3, 0.4) is 0 Å². The van der Waals surface area contributed by atoms with E-state index in [2.05, 4.69) is 0 Å². The van der Waals surface area contributed by atoms with E-state index in [0.717, 1.165) is 12.0 Å². The number of hydrogen-bond donors (Lipinski definition) is 0. The van der Waals surface area contributed by atoms with Gasteiger partial charge in [-0.3, -0.25) is 9.59 Å². The molecule has 0 spiro atoms. The van der Waals surface area contributed by atoms with Crippen LogP contribution in [0.15, 0.2) is 29.8 Å². The molecule has 1 fully saturated rings. The molecule has 1 aromatic carbocycles. The Morgan fingerprint density at radius 1 is 1.15 bits per heavy atom. The fourth-order valence-corrected chi connectivity index (χ4v) is 4.47. The first-order chi connectivity index (χ1) is 12.8. The third-order valence-corrected chi connectivity index (χ3v) is 5.95. The monoisotopic (exact) mass is 372 g/mol. The lowest BCUT2D eigenvalue weighted by atomic mass is 9.57. The number of rotatable bonds is 3. The minimum Gasteiger partial charge on any atom is -0.497 e. The van der Waals surface area contributed by atoms with Gasteiger partial charge >= 0.3 is 11.9 Å². The lowest BCUT2D eigenvalue weighted by Gasteiger charge is -2.45. The van der Waals surface area contributed by atoms with E-state index in [1.165, 1.54) is 20.3 Å². The zero-order valence-corrected chi connectivity index (χ0v) is 16.0. The second-order valence-electron chi connectivity index (χ2n) is 7.28. The Morgan fingerprint density at radius 3 is 2.52 bits per heavy atom. The van der Waals surface area contributed by atoms with Crippen LogP contribution in [-0.2, 0) is 19.1 Å². The van der Waals surface area contributed by atoms with Gasteiger partial charge in [0.25, 0.3) is 0 Å². The summed E-state index contributed by atoms with van der Waals surface area (Å²) in [5, 5.41) is 0. The normalized spacial score (nSPS) is 28.1. The lowest BCUT2D eigenvalue weighted by molar-refractivity contribution is -0.151. The van der Waals surface area contributed by atoms with Gasteiger partial charge < -0.3 is 14.2 Å². The summed E-state index contributed by atoms with van der Waals surface area (Å²) in [4.78, 5) is 37.4. The molecular weight excluding hydrogens is 348 g/mol. The van der Waals surface area contributed by atoms with Crippen molar-refractivity contribution in [3.8, 4) is 5.75 Å². The van der Waals surface area contributed by atoms with Crippen molar-refractivity contribution in [2.45, 2.75) is 32.1 Å². The third-order valence-electron chi connectivity index (χ3n) is 5.95. The van der Waals surface area contributed by atoms with E-state index >= 15 is 0 Å². The van der Waals surface area contributed by atoms with Gasteiger partial charge in [0.1, 0.15) is 5.75 Å². The van der Waals surface area contributed by atoms with E-state index in [-0.39, 0.29) is 24.0 Å². The fourth-order valence-electron chi connectivity index (χ4n) is 4.47. The summed E-state index contributed by atoms with van der Waals surface area (Å²) in [7, 11) is 4.20. The molecule has 0 amide bonds. The van der Waals surface area contributed by atoms with Gasteiger partial charge in [0, 0.05) is 18.1 Å². The Hall–Kier alpha value is -2.63.